The van der Waals surface area contributed by atoms with E-state index >= 15 is 0 Å². The SMILES string of the molecule is CN=C(NCC(CC(C)C)N(C)C)NC1CC=CC1.I. The smallest absolute Gasteiger partial charge is 0.191 e. The molecule has 118 valence electrons. The predicted molar refractivity (Wildman–Crippen MR) is 99.0 cm³/mol. The molecule has 5 heteroatoms. The molecule has 0 amide bonds. The molecule has 0 bridgehead atoms. The topological polar surface area (TPSA) is 39.7 Å². The molecule has 0 aliphatic heterocycles. The normalized spacial score (nSPS) is 17.4. The van der Waals surface area contributed by atoms with Crippen LogP contribution < -0.4 is 10.6 Å². The van der Waals surface area contributed by atoms with Crippen molar-refractivity contribution in [1.82, 2.24) is 15.5 Å². The standard InChI is InChI=1S/C15H30N4.HI/c1-12(2)10-14(19(4)5)11-17-15(16-3)18-13-8-6-7-9-13;/h6-7,12-14H,8-11H2,1-5H3,(H2,16,17,18);1H. The Morgan fingerprint density at radius 3 is 2.35 bits per heavy atom. The fourth-order valence-corrected chi connectivity index (χ4v) is 2.36. The van der Waals surface area contributed by atoms with Crippen LogP contribution in [0.5, 0.6) is 0 Å². The number of rotatable bonds is 6. The Bertz CT molecular complexity index is 305. The van der Waals surface area contributed by atoms with Gasteiger partial charge in [-0.15, -0.1) is 24.0 Å². The number of hydrogen-bond donors (Lipinski definition) is 2. The van der Waals surface area contributed by atoms with Crippen LogP contribution in [0.3, 0.4) is 0 Å². The van der Waals surface area contributed by atoms with Crippen LogP contribution in [0.2, 0.25) is 0 Å². The van der Waals surface area contributed by atoms with Crippen LogP contribution in [0.4, 0.5) is 0 Å². The Labute approximate surface area is 141 Å². The molecule has 4 nitrogen and oxygen atoms in total. The monoisotopic (exact) mass is 394 g/mol. The number of likely N-dealkylation sites (N-methyl/N-ethyl adjacent to an activating group) is 1. The van der Waals surface area contributed by atoms with E-state index < -0.39 is 0 Å². The number of halogens is 1. The summed E-state index contributed by atoms with van der Waals surface area (Å²) in [6, 6.07) is 1.05. The van der Waals surface area contributed by atoms with Gasteiger partial charge >= 0.3 is 0 Å². The maximum atomic E-state index is 4.31. The molecule has 0 saturated heterocycles. The highest BCUT2D eigenvalue weighted by Crippen LogP contribution is 2.10. The summed E-state index contributed by atoms with van der Waals surface area (Å²) in [5.74, 6) is 1.63. The van der Waals surface area contributed by atoms with Gasteiger partial charge in [0.15, 0.2) is 5.96 Å². The van der Waals surface area contributed by atoms with Gasteiger partial charge in [0.1, 0.15) is 0 Å². The van der Waals surface area contributed by atoms with E-state index in [-0.39, 0.29) is 24.0 Å². The van der Waals surface area contributed by atoms with Gasteiger partial charge in [0.05, 0.1) is 0 Å². The lowest BCUT2D eigenvalue weighted by atomic mass is 10.0. The fourth-order valence-electron chi connectivity index (χ4n) is 2.36. The largest absolute Gasteiger partial charge is 0.355 e. The highest BCUT2D eigenvalue weighted by Gasteiger charge is 2.15. The van der Waals surface area contributed by atoms with Crippen LogP contribution in [0.25, 0.3) is 0 Å². The summed E-state index contributed by atoms with van der Waals surface area (Å²) >= 11 is 0. The van der Waals surface area contributed by atoms with Crippen LogP contribution in [0.1, 0.15) is 33.1 Å². The van der Waals surface area contributed by atoms with Crippen LogP contribution >= 0.6 is 24.0 Å². The number of guanidine groups is 1. The third-order valence-electron chi connectivity index (χ3n) is 3.55. The van der Waals surface area contributed by atoms with Gasteiger partial charge < -0.3 is 15.5 Å². The van der Waals surface area contributed by atoms with E-state index in [4.69, 9.17) is 0 Å². The minimum absolute atomic E-state index is 0. The first-order valence-electron chi connectivity index (χ1n) is 7.31. The first-order valence-corrected chi connectivity index (χ1v) is 7.31. The molecular formula is C15H31IN4. The van der Waals surface area contributed by atoms with E-state index in [1.807, 2.05) is 7.05 Å². The minimum Gasteiger partial charge on any atom is -0.355 e. The Kier molecular flexibility index (Phi) is 10.3. The van der Waals surface area contributed by atoms with E-state index in [1.54, 1.807) is 0 Å². The minimum atomic E-state index is 0. The summed E-state index contributed by atoms with van der Waals surface area (Å²) in [6.45, 7) is 5.48. The summed E-state index contributed by atoms with van der Waals surface area (Å²) in [7, 11) is 6.13. The third-order valence-corrected chi connectivity index (χ3v) is 3.55. The molecule has 20 heavy (non-hydrogen) atoms. The molecule has 1 aliphatic rings. The molecule has 0 heterocycles. The zero-order chi connectivity index (χ0) is 14.3. The second kappa shape index (κ2) is 10.4. The van der Waals surface area contributed by atoms with Gasteiger partial charge in [0.2, 0.25) is 0 Å². The summed E-state index contributed by atoms with van der Waals surface area (Å²) in [6.07, 6.45) is 7.86. The molecule has 0 aromatic carbocycles. The summed E-state index contributed by atoms with van der Waals surface area (Å²) in [5.41, 5.74) is 0. The van der Waals surface area contributed by atoms with Gasteiger partial charge in [0.25, 0.3) is 0 Å². The van der Waals surface area contributed by atoms with E-state index in [9.17, 15) is 0 Å². The average Bonchev–Trinajstić information content (AvgIpc) is 2.84. The highest BCUT2D eigenvalue weighted by molar-refractivity contribution is 14.0. The molecule has 2 N–H and O–H groups in total. The van der Waals surface area contributed by atoms with Crippen molar-refractivity contribution in [2.24, 2.45) is 10.9 Å². The molecule has 1 rings (SSSR count). The predicted octanol–water partition coefficient (Wildman–Crippen LogP) is 2.46. The van der Waals surface area contributed by atoms with E-state index in [1.165, 1.54) is 6.42 Å². The van der Waals surface area contributed by atoms with Crippen LogP contribution in [-0.4, -0.2) is 50.6 Å². The molecule has 1 atom stereocenters. The van der Waals surface area contributed by atoms with E-state index in [0.29, 0.717) is 18.0 Å². The maximum Gasteiger partial charge on any atom is 0.191 e. The fraction of sp³-hybridized carbons (Fsp3) is 0.800. The zero-order valence-electron chi connectivity index (χ0n) is 13.5. The number of aliphatic imine (C=N–C) groups is 1. The lowest BCUT2D eigenvalue weighted by Gasteiger charge is -2.27. The van der Waals surface area contributed by atoms with E-state index in [0.717, 1.165) is 25.3 Å². The van der Waals surface area contributed by atoms with Crippen molar-refractivity contribution >= 4 is 29.9 Å². The second-order valence-electron chi connectivity index (χ2n) is 5.98. The Morgan fingerprint density at radius 1 is 1.30 bits per heavy atom. The van der Waals surface area contributed by atoms with Crippen LogP contribution in [0.15, 0.2) is 17.1 Å². The van der Waals surface area contributed by atoms with Gasteiger partial charge in [-0.1, -0.05) is 26.0 Å². The molecule has 1 unspecified atom stereocenters. The Balaban J connectivity index is 0.00000361. The Morgan fingerprint density at radius 2 is 1.90 bits per heavy atom. The number of nitrogens with zero attached hydrogens (tertiary/aromatic N) is 2. The first kappa shape index (κ1) is 19.7. The molecule has 0 fully saturated rings. The molecule has 0 aromatic heterocycles. The van der Waals surface area contributed by atoms with Crippen molar-refractivity contribution in [1.29, 1.82) is 0 Å². The zero-order valence-corrected chi connectivity index (χ0v) is 15.8. The lowest BCUT2D eigenvalue weighted by Crippen LogP contribution is -2.47. The van der Waals surface area contributed by atoms with Crippen molar-refractivity contribution in [2.45, 2.75) is 45.2 Å². The van der Waals surface area contributed by atoms with Gasteiger partial charge in [-0.25, -0.2) is 0 Å². The highest BCUT2D eigenvalue weighted by atomic mass is 127. The molecule has 0 radical (unpaired) electrons. The summed E-state index contributed by atoms with van der Waals surface area (Å²) < 4.78 is 0. The molecule has 0 saturated carbocycles. The quantitative estimate of drug-likeness (QED) is 0.315. The van der Waals surface area contributed by atoms with Crippen molar-refractivity contribution < 1.29 is 0 Å². The first-order chi connectivity index (χ1) is 9.02. The van der Waals surface area contributed by atoms with Gasteiger partial charge in [-0.05, 0) is 39.3 Å². The molecule has 1 aliphatic carbocycles. The van der Waals surface area contributed by atoms with Gasteiger partial charge in [-0.3, -0.25) is 4.99 Å². The van der Waals surface area contributed by atoms with Crippen molar-refractivity contribution in [2.75, 3.05) is 27.7 Å². The molecule has 0 spiro atoms. The second-order valence-corrected chi connectivity index (χ2v) is 5.98. The summed E-state index contributed by atoms with van der Waals surface area (Å²) in [4.78, 5) is 6.60. The number of nitrogens with one attached hydrogen (secondary N) is 2. The van der Waals surface area contributed by atoms with Crippen molar-refractivity contribution in [3.63, 3.8) is 0 Å². The average molecular weight is 394 g/mol. The van der Waals surface area contributed by atoms with Crippen molar-refractivity contribution in [3.8, 4) is 0 Å². The van der Waals surface area contributed by atoms with Crippen LogP contribution in [0, 0.1) is 5.92 Å². The lowest BCUT2D eigenvalue weighted by molar-refractivity contribution is 0.254. The van der Waals surface area contributed by atoms with E-state index in [2.05, 4.69) is 60.6 Å². The Hall–Kier alpha value is -0.300. The third kappa shape index (κ3) is 7.47. The number of hydrogen-bond acceptors (Lipinski definition) is 2. The van der Waals surface area contributed by atoms with Crippen LogP contribution in [-0.2, 0) is 0 Å². The van der Waals surface area contributed by atoms with Gasteiger partial charge in [0, 0.05) is 25.7 Å². The molecule has 0 aromatic rings. The van der Waals surface area contributed by atoms with Gasteiger partial charge in [-0.2, -0.15) is 0 Å². The summed E-state index contributed by atoms with van der Waals surface area (Å²) in [5, 5.41) is 6.92. The molecular weight excluding hydrogens is 363 g/mol. The van der Waals surface area contributed by atoms with Crippen molar-refractivity contribution in [3.05, 3.63) is 12.2 Å². The maximum absolute atomic E-state index is 4.31.